The predicted molar refractivity (Wildman–Crippen MR) is 97.3 cm³/mol. The molecule has 0 fully saturated rings. The number of aromatic nitrogens is 3. The molecule has 0 aliphatic carbocycles. The number of hydrogen-bond donors (Lipinski definition) is 0. The molecule has 6 nitrogen and oxygen atoms in total. The monoisotopic (exact) mass is 419 g/mol. The molecule has 154 valence electrons. The molecule has 2 aromatic carbocycles. The van der Waals surface area contributed by atoms with Crippen molar-refractivity contribution in [2.75, 3.05) is 7.11 Å². The van der Waals surface area contributed by atoms with E-state index in [2.05, 4.69) is 15.1 Å². The Morgan fingerprint density at radius 3 is 2.50 bits per heavy atom. The molecule has 0 bridgehead atoms. The van der Waals surface area contributed by atoms with Gasteiger partial charge in [-0.15, -0.1) is 0 Å². The zero-order valence-corrected chi connectivity index (χ0v) is 15.4. The molecular formula is C20H13F4N3O3. The van der Waals surface area contributed by atoms with Crippen molar-refractivity contribution in [1.82, 2.24) is 15.1 Å². The van der Waals surface area contributed by atoms with Gasteiger partial charge in [-0.25, -0.2) is 14.4 Å². The van der Waals surface area contributed by atoms with Crippen LogP contribution in [0.1, 0.15) is 11.4 Å². The maximum absolute atomic E-state index is 14.5. The fourth-order valence-corrected chi connectivity index (χ4v) is 2.87. The van der Waals surface area contributed by atoms with Gasteiger partial charge in [-0.05, 0) is 41.1 Å². The van der Waals surface area contributed by atoms with E-state index in [-0.39, 0.29) is 34.9 Å². The Bertz CT molecular complexity index is 1190. The maximum Gasteiger partial charge on any atom is 0.416 e. The first kappa shape index (κ1) is 19.6. The number of nitrogens with zero attached hydrogens (tertiary/aromatic N) is 3. The van der Waals surface area contributed by atoms with Crippen LogP contribution in [0.5, 0.6) is 11.6 Å². The molecular weight excluding hydrogens is 406 g/mol. The van der Waals surface area contributed by atoms with Crippen LogP contribution in [0.15, 0.2) is 53.3 Å². The van der Waals surface area contributed by atoms with Gasteiger partial charge in [0, 0.05) is 18.0 Å². The minimum Gasteiger partial charge on any atom is -0.493 e. The van der Waals surface area contributed by atoms with Crippen LogP contribution in [-0.4, -0.2) is 22.2 Å². The zero-order chi connectivity index (χ0) is 21.3. The van der Waals surface area contributed by atoms with Crippen LogP contribution in [-0.2, 0) is 12.8 Å². The molecule has 0 spiro atoms. The largest absolute Gasteiger partial charge is 0.493 e. The van der Waals surface area contributed by atoms with Crippen molar-refractivity contribution < 1.29 is 31.6 Å². The van der Waals surface area contributed by atoms with Crippen molar-refractivity contribution in [1.29, 1.82) is 0 Å². The Balaban J connectivity index is 1.74. The average molecular weight is 419 g/mol. The minimum absolute atomic E-state index is 0.00363. The fourth-order valence-electron chi connectivity index (χ4n) is 2.87. The number of benzene rings is 2. The molecule has 0 saturated heterocycles. The van der Waals surface area contributed by atoms with Crippen LogP contribution in [0.3, 0.4) is 0 Å². The second kappa shape index (κ2) is 7.62. The van der Waals surface area contributed by atoms with Gasteiger partial charge < -0.3 is 14.0 Å². The average Bonchev–Trinajstić information content (AvgIpc) is 3.14. The first-order valence-electron chi connectivity index (χ1n) is 8.60. The van der Waals surface area contributed by atoms with Crippen LogP contribution in [0.2, 0.25) is 0 Å². The second-order valence-electron chi connectivity index (χ2n) is 6.19. The van der Waals surface area contributed by atoms with Gasteiger partial charge in [0.15, 0.2) is 11.6 Å². The minimum atomic E-state index is -4.64. The fraction of sp³-hybridized carbons (Fsp3) is 0.150. The highest BCUT2D eigenvalue weighted by Crippen LogP contribution is 2.39. The van der Waals surface area contributed by atoms with E-state index in [1.165, 1.54) is 19.2 Å². The lowest BCUT2D eigenvalue weighted by Crippen LogP contribution is -2.05. The number of fused-ring (bicyclic) bond motifs is 1. The van der Waals surface area contributed by atoms with E-state index in [0.717, 1.165) is 12.1 Å². The van der Waals surface area contributed by atoms with Gasteiger partial charge in [-0.3, -0.25) is 0 Å². The second-order valence-corrected chi connectivity index (χ2v) is 6.19. The van der Waals surface area contributed by atoms with E-state index >= 15 is 0 Å². The molecule has 4 rings (SSSR count). The van der Waals surface area contributed by atoms with E-state index in [9.17, 15) is 17.6 Å². The van der Waals surface area contributed by atoms with E-state index < -0.39 is 17.6 Å². The van der Waals surface area contributed by atoms with Crippen molar-refractivity contribution in [3.05, 3.63) is 66.0 Å². The number of halogens is 4. The molecule has 0 N–H and O–H groups in total. The summed E-state index contributed by atoms with van der Waals surface area (Å²) in [7, 11) is 1.38. The topological polar surface area (TPSA) is 70.3 Å². The van der Waals surface area contributed by atoms with E-state index in [1.807, 2.05) is 0 Å². The summed E-state index contributed by atoms with van der Waals surface area (Å²) in [6.07, 6.45) is -1.53. The Morgan fingerprint density at radius 1 is 1.07 bits per heavy atom. The molecule has 4 aromatic rings. The summed E-state index contributed by atoms with van der Waals surface area (Å²) in [6, 6.07) is 6.93. The number of ether oxygens (including phenoxy) is 2. The molecule has 0 radical (unpaired) electrons. The highest BCUT2D eigenvalue weighted by molar-refractivity contribution is 5.92. The van der Waals surface area contributed by atoms with E-state index in [4.69, 9.17) is 14.0 Å². The zero-order valence-electron chi connectivity index (χ0n) is 15.4. The standard InChI is InChI=1S/C20H13F4N3O3/c1-28-16-8-11(13-4-3-12(9-15(13)21)20(22,23)24)7-14-18(16)30-27-19(14)29-10-17-25-5-2-6-26-17/h2-9H,10H2,1H3. The molecule has 30 heavy (non-hydrogen) atoms. The van der Waals surface area contributed by atoms with Crippen LogP contribution in [0, 0.1) is 5.82 Å². The van der Waals surface area contributed by atoms with Gasteiger partial charge in [0.05, 0.1) is 18.1 Å². The molecule has 0 atom stereocenters. The Kier molecular flexibility index (Phi) is 4.98. The number of rotatable bonds is 5. The first-order chi connectivity index (χ1) is 14.4. The molecule has 0 aliphatic rings. The summed E-state index contributed by atoms with van der Waals surface area (Å²) in [5.41, 5.74) is -0.595. The van der Waals surface area contributed by atoms with Crippen molar-refractivity contribution in [2.24, 2.45) is 0 Å². The number of hydrogen-bond acceptors (Lipinski definition) is 6. The Morgan fingerprint density at radius 2 is 1.83 bits per heavy atom. The third-order valence-corrected chi connectivity index (χ3v) is 4.29. The predicted octanol–water partition coefficient (Wildman–Crippen LogP) is 5.03. The molecule has 0 aliphatic heterocycles. The summed E-state index contributed by atoms with van der Waals surface area (Å²) in [4.78, 5) is 8.07. The van der Waals surface area contributed by atoms with Crippen molar-refractivity contribution in [3.63, 3.8) is 0 Å². The molecule has 0 amide bonds. The molecule has 10 heteroatoms. The first-order valence-corrected chi connectivity index (χ1v) is 8.60. The van der Waals surface area contributed by atoms with Crippen LogP contribution < -0.4 is 9.47 Å². The van der Waals surface area contributed by atoms with E-state index in [1.54, 1.807) is 18.5 Å². The maximum atomic E-state index is 14.5. The van der Waals surface area contributed by atoms with Gasteiger partial charge >= 0.3 is 6.18 Å². The summed E-state index contributed by atoms with van der Waals surface area (Å²) >= 11 is 0. The highest BCUT2D eigenvalue weighted by Gasteiger charge is 2.31. The third-order valence-electron chi connectivity index (χ3n) is 4.29. The molecule has 0 unspecified atom stereocenters. The lowest BCUT2D eigenvalue weighted by molar-refractivity contribution is -0.137. The lowest BCUT2D eigenvalue weighted by Gasteiger charge is -2.10. The molecule has 2 heterocycles. The smallest absolute Gasteiger partial charge is 0.416 e. The molecule has 2 aromatic heterocycles. The normalized spacial score (nSPS) is 11.6. The van der Waals surface area contributed by atoms with Crippen LogP contribution >= 0.6 is 0 Å². The van der Waals surface area contributed by atoms with Crippen molar-refractivity contribution in [3.8, 4) is 22.8 Å². The van der Waals surface area contributed by atoms with Gasteiger partial charge in [-0.2, -0.15) is 13.2 Å². The van der Waals surface area contributed by atoms with Crippen molar-refractivity contribution in [2.45, 2.75) is 12.8 Å². The van der Waals surface area contributed by atoms with Crippen molar-refractivity contribution >= 4 is 11.0 Å². The Hall–Kier alpha value is -3.69. The third kappa shape index (κ3) is 3.76. The summed E-state index contributed by atoms with van der Waals surface area (Å²) in [5.74, 6) is -0.307. The van der Waals surface area contributed by atoms with Gasteiger partial charge in [0.2, 0.25) is 5.58 Å². The van der Waals surface area contributed by atoms with Gasteiger partial charge in [0.1, 0.15) is 12.4 Å². The van der Waals surface area contributed by atoms with Gasteiger partial charge in [0.25, 0.3) is 5.88 Å². The van der Waals surface area contributed by atoms with Crippen LogP contribution in [0.4, 0.5) is 17.6 Å². The summed E-state index contributed by atoms with van der Waals surface area (Å²) in [5, 5.41) is 4.21. The SMILES string of the molecule is COc1cc(-c2ccc(C(F)(F)F)cc2F)cc2c(OCc3ncccn3)noc12. The quantitative estimate of drug-likeness (QED) is 0.423. The highest BCUT2D eigenvalue weighted by atomic mass is 19.4. The lowest BCUT2D eigenvalue weighted by atomic mass is 10.0. The number of methoxy groups -OCH3 is 1. The van der Waals surface area contributed by atoms with Gasteiger partial charge in [-0.1, -0.05) is 6.07 Å². The molecule has 0 saturated carbocycles. The number of alkyl halides is 3. The van der Waals surface area contributed by atoms with Crippen LogP contribution in [0.25, 0.3) is 22.1 Å². The summed E-state index contributed by atoms with van der Waals surface area (Å²) < 4.78 is 69.1. The summed E-state index contributed by atoms with van der Waals surface area (Å²) in [6.45, 7) is 0.00363. The van der Waals surface area contributed by atoms with E-state index in [0.29, 0.717) is 17.3 Å². The Labute approximate surface area is 167 Å².